The summed E-state index contributed by atoms with van der Waals surface area (Å²) in [7, 11) is -0.0914. The molecule has 9 heavy (non-hydrogen) atoms. The van der Waals surface area contributed by atoms with E-state index in [1.54, 1.807) is 0 Å². The van der Waals surface area contributed by atoms with Crippen LogP contribution in [0.4, 0.5) is 0 Å². The Morgan fingerprint density at radius 2 is 1.78 bits per heavy atom. The van der Waals surface area contributed by atoms with E-state index in [1.807, 2.05) is 0 Å². The van der Waals surface area contributed by atoms with Crippen LogP contribution in [0.1, 0.15) is 20.8 Å². The molecule has 0 fully saturated rings. The number of hydrogen-bond acceptors (Lipinski definition) is 2. The van der Waals surface area contributed by atoms with Gasteiger partial charge in [0.05, 0.1) is 0 Å². The molecular formula is C6H18N2Si. The van der Waals surface area contributed by atoms with Crippen molar-refractivity contribution in [3.8, 4) is 0 Å². The first-order chi connectivity index (χ1) is 4.35. The summed E-state index contributed by atoms with van der Waals surface area (Å²) in [6, 6.07) is 0. The predicted molar refractivity (Wildman–Crippen MR) is 45.1 cm³/mol. The van der Waals surface area contributed by atoms with Crippen LogP contribution in [-0.2, 0) is 0 Å². The number of nitrogens with zero attached hydrogens (tertiary/aromatic N) is 1. The van der Waals surface area contributed by atoms with Gasteiger partial charge in [-0.2, -0.15) is 0 Å². The molecule has 2 nitrogen and oxygen atoms in total. The first-order valence-electron chi connectivity index (χ1n) is 3.78. The zero-order valence-electron chi connectivity index (χ0n) is 6.78. The van der Waals surface area contributed by atoms with Gasteiger partial charge in [0, 0.05) is 0 Å². The molecular weight excluding hydrogens is 128 g/mol. The summed E-state index contributed by atoms with van der Waals surface area (Å²) < 4.78 is 2.49. The molecule has 0 aliphatic carbocycles. The van der Waals surface area contributed by atoms with Crippen molar-refractivity contribution >= 4 is 9.84 Å². The topological polar surface area (TPSA) is 15.3 Å². The van der Waals surface area contributed by atoms with Gasteiger partial charge >= 0.3 is 0 Å². The molecule has 0 unspecified atom stereocenters. The van der Waals surface area contributed by atoms with Gasteiger partial charge in [0.1, 0.15) is 0 Å². The van der Waals surface area contributed by atoms with Crippen molar-refractivity contribution in [3.63, 3.8) is 0 Å². The fraction of sp³-hybridized carbons (Fsp3) is 1.00. The molecule has 0 amide bonds. The molecule has 0 aromatic rings. The van der Waals surface area contributed by atoms with Crippen molar-refractivity contribution in [2.45, 2.75) is 20.8 Å². The van der Waals surface area contributed by atoms with Crippen molar-refractivity contribution in [1.29, 1.82) is 0 Å². The molecule has 0 aromatic carbocycles. The summed E-state index contributed by atoms with van der Waals surface area (Å²) in [4.78, 5) is 3.42. The van der Waals surface area contributed by atoms with E-state index in [1.165, 1.54) is 13.1 Å². The molecule has 0 aromatic heterocycles. The fourth-order valence-electron chi connectivity index (χ4n) is 0.717. The van der Waals surface area contributed by atoms with Gasteiger partial charge in [0.15, 0.2) is 9.84 Å². The molecule has 0 aliphatic rings. The van der Waals surface area contributed by atoms with Gasteiger partial charge in [-0.3, -0.25) is 0 Å². The molecule has 0 saturated heterocycles. The normalized spacial score (nSPS) is 12.0. The molecule has 1 N–H and O–H groups in total. The van der Waals surface area contributed by atoms with Crippen molar-refractivity contribution in [3.05, 3.63) is 0 Å². The molecule has 56 valence electrons. The van der Waals surface area contributed by atoms with Crippen LogP contribution in [0.3, 0.4) is 0 Å². The molecule has 0 spiro atoms. The third-order valence-electron chi connectivity index (χ3n) is 1.48. The van der Waals surface area contributed by atoms with Crippen molar-refractivity contribution in [1.82, 2.24) is 9.55 Å². The van der Waals surface area contributed by atoms with Crippen LogP contribution in [0.2, 0.25) is 0 Å². The Morgan fingerprint density at radius 1 is 1.22 bits per heavy atom. The first-order valence-corrected chi connectivity index (χ1v) is 5.12. The summed E-state index contributed by atoms with van der Waals surface area (Å²) in [5, 5.41) is 0. The van der Waals surface area contributed by atoms with Gasteiger partial charge in [-0.05, 0) is 19.6 Å². The second-order valence-corrected chi connectivity index (χ2v) is 3.78. The van der Waals surface area contributed by atoms with Crippen LogP contribution >= 0.6 is 0 Å². The van der Waals surface area contributed by atoms with E-state index in [4.69, 9.17) is 0 Å². The summed E-state index contributed by atoms with van der Waals surface area (Å²) >= 11 is 0. The lowest BCUT2D eigenvalue weighted by Crippen LogP contribution is -2.37. The van der Waals surface area contributed by atoms with Crippen LogP contribution in [0.15, 0.2) is 0 Å². The minimum Gasteiger partial charge on any atom is -0.331 e. The number of nitrogens with one attached hydrogen (secondary N) is 1. The second-order valence-electron chi connectivity index (χ2n) is 2.06. The quantitative estimate of drug-likeness (QED) is 0.547. The van der Waals surface area contributed by atoms with Crippen LogP contribution in [0.5, 0.6) is 0 Å². The third-order valence-corrected chi connectivity index (χ3v) is 3.55. The highest BCUT2D eigenvalue weighted by atomic mass is 28.2. The molecule has 0 heterocycles. The molecule has 0 radical (unpaired) electrons. The van der Waals surface area contributed by atoms with Crippen molar-refractivity contribution in [2.24, 2.45) is 0 Å². The number of rotatable bonds is 5. The van der Waals surface area contributed by atoms with E-state index < -0.39 is 0 Å². The first kappa shape index (κ1) is 9.14. The maximum absolute atomic E-state index is 3.42. The van der Waals surface area contributed by atoms with Crippen LogP contribution < -0.4 is 4.98 Å². The van der Waals surface area contributed by atoms with Gasteiger partial charge in [0.25, 0.3) is 0 Å². The highest BCUT2D eigenvalue weighted by Crippen LogP contribution is 1.78. The number of hydrogen-bond donors (Lipinski definition) is 1. The molecule has 0 atom stereocenters. The average molecular weight is 146 g/mol. The second kappa shape index (κ2) is 6.26. The van der Waals surface area contributed by atoms with E-state index in [0.717, 1.165) is 6.54 Å². The lowest BCUT2D eigenvalue weighted by Gasteiger charge is -2.16. The monoisotopic (exact) mass is 146 g/mol. The highest BCUT2D eigenvalue weighted by Gasteiger charge is 1.94. The summed E-state index contributed by atoms with van der Waals surface area (Å²) in [6.45, 7) is 10.1. The zero-order chi connectivity index (χ0) is 7.11. The van der Waals surface area contributed by atoms with E-state index in [9.17, 15) is 0 Å². The van der Waals surface area contributed by atoms with E-state index in [-0.39, 0.29) is 9.84 Å². The zero-order valence-corrected chi connectivity index (χ0v) is 8.19. The molecule has 0 rings (SSSR count). The van der Waals surface area contributed by atoms with E-state index in [0.29, 0.717) is 0 Å². The highest BCUT2D eigenvalue weighted by molar-refractivity contribution is 6.28. The van der Waals surface area contributed by atoms with Crippen molar-refractivity contribution in [2.75, 3.05) is 19.6 Å². The molecule has 0 saturated carbocycles. The van der Waals surface area contributed by atoms with Gasteiger partial charge in [-0.25, -0.2) is 0 Å². The van der Waals surface area contributed by atoms with Crippen LogP contribution in [0.25, 0.3) is 0 Å². The summed E-state index contributed by atoms with van der Waals surface area (Å²) in [6.07, 6.45) is 0. The Bertz CT molecular complexity index is 55.0. The Morgan fingerprint density at radius 3 is 2.11 bits per heavy atom. The smallest absolute Gasteiger partial charge is 0.170 e. The maximum atomic E-state index is 3.42. The average Bonchev–Trinajstić information content (AvgIpc) is 1.91. The standard InChI is InChI=1S/C6H18N2Si/c1-4-7-9-8(5-2)6-3/h7H,4-6,9H2,1-3H3. The molecule has 3 heteroatoms. The molecule has 0 aliphatic heterocycles. The third kappa shape index (κ3) is 4.63. The Kier molecular flexibility index (Phi) is 6.35. The summed E-state index contributed by atoms with van der Waals surface area (Å²) in [5.74, 6) is 0. The Balaban J connectivity index is 3.09. The lowest BCUT2D eigenvalue weighted by molar-refractivity contribution is 0.484. The van der Waals surface area contributed by atoms with Crippen LogP contribution in [-0.4, -0.2) is 34.0 Å². The Hall–Kier alpha value is 0.137. The minimum atomic E-state index is -0.0914. The lowest BCUT2D eigenvalue weighted by atomic mass is 10.7. The van der Waals surface area contributed by atoms with Gasteiger partial charge in [-0.15, -0.1) is 0 Å². The largest absolute Gasteiger partial charge is 0.331 e. The Labute approximate surface area is 60.6 Å². The van der Waals surface area contributed by atoms with Gasteiger partial charge in [0.2, 0.25) is 0 Å². The molecule has 0 bridgehead atoms. The van der Waals surface area contributed by atoms with Gasteiger partial charge in [-0.1, -0.05) is 20.8 Å². The van der Waals surface area contributed by atoms with E-state index >= 15 is 0 Å². The predicted octanol–water partition coefficient (Wildman–Crippen LogP) is -0.0635. The SMILES string of the molecule is CCN[SiH2]N(CC)CC. The van der Waals surface area contributed by atoms with Crippen molar-refractivity contribution < 1.29 is 0 Å². The maximum Gasteiger partial charge on any atom is 0.170 e. The minimum absolute atomic E-state index is 0.0914. The van der Waals surface area contributed by atoms with Gasteiger partial charge < -0.3 is 9.55 Å². The fourth-order valence-corrected chi connectivity index (χ4v) is 1.70. The summed E-state index contributed by atoms with van der Waals surface area (Å²) in [5.41, 5.74) is 0. The van der Waals surface area contributed by atoms with E-state index in [2.05, 4.69) is 30.3 Å². The van der Waals surface area contributed by atoms with Crippen LogP contribution in [0, 0.1) is 0 Å².